The van der Waals surface area contributed by atoms with Crippen LogP contribution in [0, 0.1) is 0 Å². The molecule has 3 aliphatic heterocycles. The first-order valence-corrected chi connectivity index (χ1v) is 28.8. The maximum Gasteiger partial charge on any atom is 0.303 e. The lowest BCUT2D eigenvalue weighted by atomic mass is 9.95. The molecule has 0 aromatic heterocycles. The largest absolute Gasteiger partial charge is 0.454 e. The summed E-state index contributed by atoms with van der Waals surface area (Å²) in [4.78, 5) is 13.7. The Kier molecular flexibility index (Phi) is 21.8. The van der Waals surface area contributed by atoms with Gasteiger partial charge in [0.15, 0.2) is 25.0 Å². The van der Waals surface area contributed by atoms with Crippen LogP contribution in [0.1, 0.15) is 66.6 Å². The van der Waals surface area contributed by atoms with E-state index in [-0.39, 0.29) is 39.6 Å². The Hall–Kier alpha value is -6.47. The summed E-state index contributed by atoms with van der Waals surface area (Å²) < 4.78 is 90.0. The minimum Gasteiger partial charge on any atom is -0.454 e. The van der Waals surface area contributed by atoms with Crippen molar-refractivity contribution in [3.8, 4) is 0 Å². The summed E-state index contributed by atoms with van der Waals surface area (Å²) in [5, 5.41) is 0. The third-order valence-electron chi connectivity index (χ3n) is 15.0. The molecule has 15 unspecified atom stereocenters. The van der Waals surface area contributed by atoms with E-state index in [1.807, 2.05) is 233 Å². The van der Waals surface area contributed by atoms with E-state index in [2.05, 4.69) is 0 Å². The summed E-state index contributed by atoms with van der Waals surface area (Å²) in [7, 11) is 0. The summed E-state index contributed by atoms with van der Waals surface area (Å²) >= 11 is 0. The number of hydrogen-bond donors (Lipinski definition) is 0. The van der Waals surface area contributed by atoms with E-state index < -0.39 is 98.1 Å². The van der Waals surface area contributed by atoms with Crippen LogP contribution < -0.4 is 0 Å². The van der Waals surface area contributed by atoms with Crippen LogP contribution in [0.5, 0.6) is 0 Å². The number of esters is 1. The van der Waals surface area contributed by atoms with E-state index in [0.29, 0.717) is 6.61 Å². The third-order valence-corrected chi connectivity index (χ3v) is 15.0. The fraction of sp³-hybridized carbons (Fsp3) is 0.377. The molecule has 0 aliphatic carbocycles. The Morgan fingerprint density at radius 2 is 0.530 bits per heavy atom. The topological polar surface area (TPSA) is 137 Å². The number of benzene rings is 7. The van der Waals surface area contributed by atoms with Gasteiger partial charge >= 0.3 is 5.97 Å². The molecule has 10 rings (SSSR count). The van der Waals surface area contributed by atoms with Gasteiger partial charge in [0.05, 0.1) is 64.6 Å². The second kappa shape index (κ2) is 30.4. The SMILES string of the molecule is CC(=O)OC1C(OC2C(OCc3ccccc3)OC(C)C(OCc3ccccc3)C2OCc2ccccc2)OC(C)C(OC2OC(C)C(OCc3ccccc3)C(OCc3ccccc3)C2OCc2ccccc2)C1OCc1ccccc1. The molecule has 3 aliphatic rings. The predicted molar refractivity (Wildman–Crippen MR) is 310 cm³/mol. The van der Waals surface area contributed by atoms with Crippen molar-refractivity contribution in [3.05, 3.63) is 251 Å². The lowest BCUT2D eigenvalue weighted by molar-refractivity contribution is -0.390. The van der Waals surface area contributed by atoms with Crippen molar-refractivity contribution < 1.29 is 66.4 Å². The average Bonchev–Trinajstić information content (AvgIpc) is 3.69. The van der Waals surface area contributed by atoms with E-state index in [0.717, 1.165) is 38.9 Å². The van der Waals surface area contributed by atoms with Crippen LogP contribution in [0.4, 0.5) is 0 Å². The number of hydrogen-bond acceptors (Lipinski definition) is 14. The molecule has 3 saturated heterocycles. The van der Waals surface area contributed by atoms with Gasteiger partial charge in [-0.05, 0) is 59.7 Å². The van der Waals surface area contributed by atoms with Crippen LogP contribution in [0.2, 0.25) is 0 Å². The molecule has 14 nitrogen and oxygen atoms in total. The lowest BCUT2D eigenvalue weighted by Crippen LogP contribution is -2.67. The highest BCUT2D eigenvalue weighted by molar-refractivity contribution is 5.66. The molecule has 436 valence electrons. The molecule has 7 aromatic carbocycles. The molecule has 15 atom stereocenters. The van der Waals surface area contributed by atoms with E-state index in [1.165, 1.54) is 6.92 Å². The second-order valence-electron chi connectivity index (χ2n) is 21.3. The van der Waals surface area contributed by atoms with E-state index >= 15 is 0 Å². The van der Waals surface area contributed by atoms with E-state index in [4.69, 9.17) is 61.6 Å². The quantitative estimate of drug-likeness (QED) is 0.0476. The minimum absolute atomic E-state index is 0.113. The average molecular weight is 1130 g/mol. The Morgan fingerprint density at radius 3 is 0.867 bits per heavy atom. The van der Waals surface area contributed by atoms with Crippen molar-refractivity contribution in [2.45, 2.75) is 166 Å². The molecule has 3 heterocycles. The summed E-state index contributed by atoms with van der Waals surface area (Å²) in [5.41, 5.74) is 6.62. The highest BCUT2D eigenvalue weighted by Gasteiger charge is 2.56. The zero-order valence-electron chi connectivity index (χ0n) is 47.5. The Balaban J connectivity index is 1.00. The number of carbonyl (C=O) groups excluding carboxylic acids is 1. The third kappa shape index (κ3) is 16.7. The van der Waals surface area contributed by atoms with Crippen LogP contribution in [0.25, 0.3) is 0 Å². The maximum atomic E-state index is 13.7. The van der Waals surface area contributed by atoms with Gasteiger partial charge in [-0.1, -0.05) is 212 Å². The van der Waals surface area contributed by atoms with Gasteiger partial charge < -0.3 is 61.6 Å². The molecule has 0 saturated carbocycles. The van der Waals surface area contributed by atoms with Gasteiger partial charge in [-0.15, -0.1) is 0 Å². The molecule has 0 N–H and O–H groups in total. The van der Waals surface area contributed by atoms with Gasteiger partial charge in [0.25, 0.3) is 0 Å². The summed E-state index contributed by atoms with van der Waals surface area (Å²) in [6, 6.07) is 69.3. The Morgan fingerprint density at radius 1 is 0.289 bits per heavy atom. The van der Waals surface area contributed by atoms with Gasteiger partial charge in [-0.2, -0.15) is 0 Å². The number of carbonyl (C=O) groups is 1. The van der Waals surface area contributed by atoms with Crippen molar-refractivity contribution in [3.63, 3.8) is 0 Å². The first kappa shape index (κ1) is 59.7. The van der Waals surface area contributed by atoms with E-state index in [9.17, 15) is 4.79 Å². The van der Waals surface area contributed by atoms with Crippen LogP contribution in [-0.4, -0.2) is 98.1 Å². The van der Waals surface area contributed by atoms with Crippen molar-refractivity contribution >= 4 is 5.97 Å². The molecule has 3 fully saturated rings. The standard InChI is InChI=1S/C69H76O14/c1-47-59(72-41-52-28-14-6-15-29-52)62(74-43-54-32-18-8-19-33-54)65(67(78-47)77-46-57-38-24-11-25-39-57)83-69-66(81-50(4)70)63(75-44-55-34-20-9-21-35-55)60(49(3)80-69)82-68-64(76-45-56-36-22-10-23-37-56)61(73-42-53-30-16-7-17-31-53)58(48(2)79-68)71-40-51-26-12-5-13-27-51/h5-39,47-49,58-69H,40-46H2,1-4H3. The minimum atomic E-state index is -1.30. The highest BCUT2D eigenvalue weighted by atomic mass is 16.8. The Bertz CT molecular complexity index is 2950. The van der Waals surface area contributed by atoms with Crippen molar-refractivity contribution in [2.24, 2.45) is 0 Å². The Labute approximate surface area is 487 Å². The van der Waals surface area contributed by atoms with Gasteiger partial charge in [0.1, 0.15) is 48.8 Å². The van der Waals surface area contributed by atoms with Gasteiger partial charge in [-0.25, -0.2) is 0 Å². The van der Waals surface area contributed by atoms with Gasteiger partial charge in [-0.3, -0.25) is 4.79 Å². The van der Waals surface area contributed by atoms with Crippen LogP contribution in [0.3, 0.4) is 0 Å². The second-order valence-corrected chi connectivity index (χ2v) is 21.3. The molecular weight excluding hydrogens is 1050 g/mol. The van der Waals surface area contributed by atoms with Crippen molar-refractivity contribution in [2.75, 3.05) is 0 Å². The zero-order chi connectivity index (χ0) is 57.2. The first-order valence-electron chi connectivity index (χ1n) is 28.8. The molecule has 14 heteroatoms. The van der Waals surface area contributed by atoms with Gasteiger partial charge in [0, 0.05) is 6.92 Å². The van der Waals surface area contributed by atoms with Crippen molar-refractivity contribution in [1.29, 1.82) is 0 Å². The van der Waals surface area contributed by atoms with Crippen LogP contribution in [-0.2, 0) is 113 Å². The summed E-state index contributed by atoms with van der Waals surface area (Å²) in [6.07, 6.45) is -13.3. The van der Waals surface area contributed by atoms with Crippen LogP contribution in [0.15, 0.2) is 212 Å². The normalized spacial score (nSPS) is 28.1. The maximum absolute atomic E-state index is 13.7. The molecule has 0 bridgehead atoms. The van der Waals surface area contributed by atoms with E-state index in [1.54, 1.807) is 0 Å². The fourth-order valence-electron chi connectivity index (χ4n) is 10.8. The van der Waals surface area contributed by atoms with Crippen molar-refractivity contribution in [1.82, 2.24) is 0 Å². The fourth-order valence-corrected chi connectivity index (χ4v) is 10.8. The molecule has 7 aromatic rings. The number of ether oxygens (including phenoxy) is 13. The molecule has 83 heavy (non-hydrogen) atoms. The summed E-state index contributed by atoms with van der Waals surface area (Å²) in [6.45, 7) is 8.66. The smallest absolute Gasteiger partial charge is 0.303 e. The molecule has 0 radical (unpaired) electrons. The molecule has 0 amide bonds. The van der Waals surface area contributed by atoms with Gasteiger partial charge in [0.2, 0.25) is 0 Å². The van der Waals surface area contributed by atoms with Crippen LogP contribution >= 0.6 is 0 Å². The molecular formula is C69H76O14. The lowest BCUT2D eigenvalue weighted by Gasteiger charge is -2.51. The first-order chi connectivity index (χ1) is 40.7. The highest BCUT2D eigenvalue weighted by Crippen LogP contribution is 2.39. The zero-order valence-corrected chi connectivity index (χ0v) is 47.5. The number of rotatable bonds is 26. The summed E-state index contributed by atoms with van der Waals surface area (Å²) in [5.74, 6) is -0.598. The monoisotopic (exact) mass is 1130 g/mol. The predicted octanol–water partition coefficient (Wildman–Crippen LogP) is 11.7. The molecule has 0 spiro atoms.